The molecule has 0 saturated carbocycles. The molecule has 0 radical (unpaired) electrons. The van der Waals surface area contributed by atoms with Gasteiger partial charge < -0.3 is 9.64 Å². The number of amides is 1. The number of halogens is 1. The highest BCUT2D eigenvalue weighted by Gasteiger charge is 2.30. The van der Waals surface area contributed by atoms with Gasteiger partial charge >= 0.3 is 6.09 Å². The van der Waals surface area contributed by atoms with Gasteiger partial charge in [0.25, 0.3) is 0 Å². The lowest BCUT2D eigenvalue weighted by molar-refractivity contribution is 0.0146. The average Bonchev–Trinajstić information content (AvgIpc) is 2.42. The maximum atomic E-state index is 12.5. The van der Waals surface area contributed by atoms with E-state index in [2.05, 4.69) is 41.1 Å². The molecule has 1 aliphatic rings. The van der Waals surface area contributed by atoms with E-state index in [0.717, 1.165) is 36.7 Å². The third-order valence-corrected chi connectivity index (χ3v) is 4.40. The van der Waals surface area contributed by atoms with Crippen molar-refractivity contribution in [1.82, 2.24) is 4.90 Å². The molecular weight excluding hydrogens is 342 g/mol. The van der Waals surface area contributed by atoms with Gasteiger partial charge in [0.05, 0.1) is 0 Å². The highest BCUT2D eigenvalue weighted by atomic mass is 79.9. The van der Waals surface area contributed by atoms with Gasteiger partial charge in [-0.2, -0.15) is 0 Å². The minimum Gasteiger partial charge on any atom is -0.444 e. The van der Waals surface area contributed by atoms with Crippen molar-refractivity contribution >= 4 is 22.0 Å². The van der Waals surface area contributed by atoms with Crippen molar-refractivity contribution in [3.63, 3.8) is 0 Å². The zero-order chi connectivity index (χ0) is 16.3. The van der Waals surface area contributed by atoms with Crippen LogP contribution in [-0.2, 0) is 17.6 Å². The summed E-state index contributed by atoms with van der Waals surface area (Å²) in [4.78, 5) is 14.4. The van der Waals surface area contributed by atoms with Crippen LogP contribution in [0.25, 0.3) is 0 Å². The number of hydrogen-bond donors (Lipinski definition) is 0. The van der Waals surface area contributed by atoms with E-state index >= 15 is 0 Å². The van der Waals surface area contributed by atoms with Gasteiger partial charge in [0, 0.05) is 17.1 Å². The Morgan fingerprint density at radius 2 is 2.09 bits per heavy atom. The molecule has 0 bridgehead atoms. The molecule has 0 unspecified atom stereocenters. The first-order chi connectivity index (χ1) is 10.3. The smallest absolute Gasteiger partial charge is 0.410 e. The highest BCUT2D eigenvalue weighted by molar-refractivity contribution is 9.10. The van der Waals surface area contributed by atoms with Crippen LogP contribution in [0, 0.1) is 0 Å². The van der Waals surface area contributed by atoms with Gasteiger partial charge in [-0.05, 0) is 69.7 Å². The van der Waals surface area contributed by atoms with E-state index in [-0.39, 0.29) is 12.1 Å². The molecular formula is C18H26BrNO2. The monoisotopic (exact) mass is 367 g/mol. The molecule has 1 amide bonds. The van der Waals surface area contributed by atoms with Gasteiger partial charge in [-0.3, -0.25) is 0 Å². The normalized spacial score (nSPS) is 17.8. The third kappa shape index (κ3) is 4.48. The van der Waals surface area contributed by atoms with Gasteiger partial charge in [-0.25, -0.2) is 4.79 Å². The van der Waals surface area contributed by atoms with Crippen LogP contribution in [0.5, 0.6) is 0 Å². The highest BCUT2D eigenvalue weighted by Crippen LogP contribution is 2.28. The van der Waals surface area contributed by atoms with Gasteiger partial charge in [-0.15, -0.1) is 0 Å². The predicted molar refractivity (Wildman–Crippen MR) is 93.2 cm³/mol. The molecule has 3 nitrogen and oxygen atoms in total. The summed E-state index contributed by atoms with van der Waals surface area (Å²) >= 11 is 3.53. The molecule has 0 heterocycles. The minimum absolute atomic E-state index is 0.181. The van der Waals surface area contributed by atoms with Crippen LogP contribution in [0.3, 0.4) is 0 Å². The largest absolute Gasteiger partial charge is 0.444 e. The molecule has 0 spiro atoms. The Morgan fingerprint density at radius 1 is 1.36 bits per heavy atom. The average molecular weight is 368 g/mol. The van der Waals surface area contributed by atoms with Crippen molar-refractivity contribution in [2.75, 3.05) is 6.54 Å². The fourth-order valence-electron chi connectivity index (χ4n) is 2.95. The van der Waals surface area contributed by atoms with E-state index in [0.29, 0.717) is 0 Å². The number of benzene rings is 1. The van der Waals surface area contributed by atoms with Crippen molar-refractivity contribution < 1.29 is 9.53 Å². The first-order valence-corrected chi connectivity index (χ1v) is 8.86. The van der Waals surface area contributed by atoms with Crippen LogP contribution in [0.2, 0.25) is 0 Å². The molecule has 0 aromatic heterocycles. The number of carbonyl (C=O) groups is 1. The molecule has 0 N–H and O–H groups in total. The number of nitrogens with zero attached hydrogens (tertiary/aromatic N) is 1. The Bertz CT molecular complexity index is 536. The summed E-state index contributed by atoms with van der Waals surface area (Å²) in [5.41, 5.74) is 2.30. The Balaban J connectivity index is 2.13. The summed E-state index contributed by atoms with van der Waals surface area (Å²) in [7, 11) is 0. The van der Waals surface area contributed by atoms with E-state index in [1.165, 1.54) is 11.1 Å². The van der Waals surface area contributed by atoms with E-state index < -0.39 is 5.60 Å². The summed E-state index contributed by atoms with van der Waals surface area (Å²) in [6.45, 7) is 8.62. The number of rotatable bonds is 3. The zero-order valence-corrected chi connectivity index (χ0v) is 15.6. The predicted octanol–water partition coefficient (Wildman–Crippen LogP) is 4.95. The van der Waals surface area contributed by atoms with Crippen molar-refractivity contribution in [1.29, 1.82) is 0 Å². The Kier molecular flexibility index (Phi) is 5.54. The number of fused-ring (bicyclic) bond motifs is 1. The first-order valence-electron chi connectivity index (χ1n) is 8.07. The molecule has 2 rings (SSSR count). The molecule has 122 valence electrons. The van der Waals surface area contributed by atoms with Crippen molar-refractivity contribution in [3.8, 4) is 0 Å². The molecule has 1 aromatic carbocycles. The molecule has 22 heavy (non-hydrogen) atoms. The Hall–Kier alpha value is -1.03. The van der Waals surface area contributed by atoms with Gasteiger partial charge in [0.1, 0.15) is 5.60 Å². The van der Waals surface area contributed by atoms with E-state index in [1.54, 1.807) is 0 Å². The standard InChI is InChI=1S/C18H26BrNO2/c1-5-10-20(17(21)22-18(2,3)4)16-9-7-13-11-15(19)8-6-14(13)12-16/h6,8,11,16H,5,7,9-10,12H2,1-4H3/t16-/m1/s1. The summed E-state index contributed by atoms with van der Waals surface area (Å²) < 4.78 is 6.72. The van der Waals surface area contributed by atoms with E-state index in [9.17, 15) is 4.79 Å². The van der Waals surface area contributed by atoms with Crippen LogP contribution in [0.4, 0.5) is 4.79 Å². The molecule has 1 aliphatic carbocycles. The molecule has 0 aliphatic heterocycles. The van der Waals surface area contributed by atoms with Crippen LogP contribution in [0.15, 0.2) is 22.7 Å². The second-order valence-corrected chi connectivity index (χ2v) is 7.90. The van der Waals surface area contributed by atoms with Crippen molar-refractivity contribution in [2.45, 2.75) is 65.0 Å². The van der Waals surface area contributed by atoms with Crippen LogP contribution < -0.4 is 0 Å². The SMILES string of the molecule is CCCN(C(=O)OC(C)(C)C)[C@@H]1CCc2cc(Br)ccc2C1. The first kappa shape index (κ1) is 17.3. The molecule has 1 aromatic rings. The van der Waals surface area contributed by atoms with Crippen molar-refractivity contribution in [2.24, 2.45) is 0 Å². The lowest BCUT2D eigenvalue weighted by Crippen LogP contribution is -2.46. The van der Waals surface area contributed by atoms with Crippen molar-refractivity contribution in [3.05, 3.63) is 33.8 Å². The zero-order valence-electron chi connectivity index (χ0n) is 14.0. The lowest BCUT2D eigenvalue weighted by Gasteiger charge is -2.36. The molecule has 4 heteroatoms. The second-order valence-electron chi connectivity index (χ2n) is 6.98. The van der Waals surface area contributed by atoms with E-state index in [1.807, 2.05) is 25.7 Å². The number of aryl methyl sites for hydroxylation is 1. The maximum absolute atomic E-state index is 12.5. The Labute approximate surface area is 142 Å². The summed E-state index contributed by atoms with van der Waals surface area (Å²) in [6.07, 6.45) is 3.70. The third-order valence-electron chi connectivity index (χ3n) is 3.90. The van der Waals surface area contributed by atoms with Crippen LogP contribution in [-0.4, -0.2) is 29.2 Å². The summed E-state index contributed by atoms with van der Waals surface area (Å²) in [6, 6.07) is 6.69. The van der Waals surface area contributed by atoms with Crippen LogP contribution in [0.1, 0.15) is 51.7 Å². The quantitative estimate of drug-likeness (QED) is 0.755. The van der Waals surface area contributed by atoms with Gasteiger partial charge in [-0.1, -0.05) is 28.9 Å². The molecule has 1 atom stereocenters. The summed E-state index contributed by atoms with van der Waals surface area (Å²) in [5.74, 6) is 0. The van der Waals surface area contributed by atoms with Crippen LogP contribution >= 0.6 is 15.9 Å². The minimum atomic E-state index is -0.444. The molecule has 0 saturated heterocycles. The number of hydrogen-bond acceptors (Lipinski definition) is 2. The van der Waals surface area contributed by atoms with Gasteiger partial charge in [0.2, 0.25) is 0 Å². The number of carbonyl (C=O) groups excluding carboxylic acids is 1. The summed E-state index contributed by atoms with van der Waals surface area (Å²) in [5, 5.41) is 0. The Morgan fingerprint density at radius 3 is 2.73 bits per heavy atom. The topological polar surface area (TPSA) is 29.5 Å². The fourth-order valence-corrected chi connectivity index (χ4v) is 3.36. The molecule has 0 fully saturated rings. The maximum Gasteiger partial charge on any atom is 0.410 e. The fraction of sp³-hybridized carbons (Fsp3) is 0.611. The number of ether oxygens (including phenoxy) is 1. The second kappa shape index (κ2) is 7.03. The van der Waals surface area contributed by atoms with E-state index in [4.69, 9.17) is 4.74 Å². The van der Waals surface area contributed by atoms with Gasteiger partial charge in [0.15, 0.2) is 0 Å². The lowest BCUT2D eigenvalue weighted by atomic mass is 9.87.